The smallest absolute Gasteiger partial charge is 0.298 e. The summed E-state index contributed by atoms with van der Waals surface area (Å²) >= 11 is 9.27. The quantitative estimate of drug-likeness (QED) is 0.482. The van der Waals surface area contributed by atoms with Crippen molar-refractivity contribution in [2.24, 2.45) is 0 Å². The summed E-state index contributed by atoms with van der Waals surface area (Å²) in [5.74, 6) is -1.77. The summed E-state index contributed by atoms with van der Waals surface area (Å²) in [5, 5.41) is 0.315. The van der Waals surface area contributed by atoms with Crippen molar-refractivity contribution in [2.45, 2.75) is 25.9 Å². The lowest BCUT2D eigenvalue weighted by atomic mass is 9.94. The van der Waals surface area contributed by atoms with Crippen LogP contribution in [0, 0.1) is 13.8 Å². The SMILES string of the molecule is Cc1cc(C(/C=C/c2ccc(C=O)c(Br)c2)C(F)(F)F)cc(Cl)c1C. The van der Waals surface area contributed by atoms with Crippen LogP contribution in [0.25, 0.3) is 6.08 Å². The summed E-state index contributed by atoms with van der Waals surface area (Å²) < 4.78 is 41.1. The summed E-state index contributed by atoms with van der Waals surface area (Å²) in [6.45, 7) is 3.50. The van der Waals surface area contributed by atoms with Gasteiger partial charge >= 0.3 is 6.18 Å². The summed E-state index contributed by atoms with van der Waals surface area (Å²) in [4.78, 5) is 10.8. The second kappa shape index (κ2) is 7.75. The molecule has 0 saturated carbocycles. The predicted molar refractivity (Wildman–Crippen MR) is 98.3 cm³/mol. The first-order valence-electron chi connectivity index (χ1n) is 7.39. The van der Waals surface area contributed by atoms with Gasteiger partial charge in [0.15, 0.2) is 6.29 Å². The number of hydrogen-bond acceptors (Lipinski definition) is 1. The zero-order chi connectivity index (χ0) is 18.8. The molecule has 1 nitrogen and oxygen atoms in total. The number of alkyl halides is 3. The third kappa shape index (κ3) is 4.73. The average Bonchev–Trinajstić information content (AvgIpc) is 2.51. The average molecular weight is 432 g/mol. The Labute approximate surface area is 157 Å². The highest BCUT2D eigenvalue weighted by Gasteiger charge is 2.39. The fourth-order valence-corrected chi connectivity index (χ4v) is 3.15. The number of halogens is 5. The molecular formula is C19H15BrClF3O. The van der Waals surface area contributed by atoms with E-state index in [1.807, 2.05) is 0 Å². The minimum absolute atomic E-state index is 0.0976. The Morgan fingerprint density at radius 2 is 1.84 bits per heavy atom. The van der Waals surface area contributed by atoms with Gasteiger partial charge < -0.3 is 0 Å². The zero-order valence-electron chi connectivity index (χ0n) is 13.5. The first kappa shape index (κ1) is 19.7. The van der Waals surface area contributed by atoms with Crippen molar-refractivity contribution in [1.82, 2.24) is 0 Å². The number of carbonyl (C=O) groups excluding carboxylic acids is 1. The molecule has 0 aliphatic rings. The minimum Gasteiger partial charge on any atom is -0.298 e. The maximum Gasteiger partial charge on any atom is 0.399 e. The van der Waals surface area contributed by atoms with E-state index in [-0.39, 0.29) is 5.56 Å². The van der Waals surface area contributed by atoms with Crippen molar-refractivity contribution in [1.29, 1.82) is 0 Å². The van der Waals surface area contributed by atoms with E-state index in [4.69, 9.17) is 11.6 Å². The second-order valence-corrected chi connectivity index (χ2v) is 6.98. The van der Waals surface area contributed by atoms with Gasteiger partial charge in [0.2, 0.25) is 0 Å². The normalized spacial score (nSPS) is 13.2. The van der Waals surface area contributed by atoms with Crippen LogP contribution in [-0.2, 0) is 0 Å². The molecule has 0 aliphatic carbocycles. The molecule has 0 saturated heterocycles. The van der Waals surface area contributed by atoms with Crippen molar-refractivity contribution in [2.75, 3.05) is 0 Å². The lowest BCUT2D eigenvalue weighted by molar-refractivity contribution is -0.139. The zero-order valence-corrected chi connectivity index (χ0v) is 15.8. The molecule has 0 N–H and O–H groups in total. The van der Waals surface area contributed by atoms with Crippen molar-refractivity contribution in [3.05, 3.63) is 73.7 Å². The first-order chi connectivity index (χ1) is 11.6. The Balaban J connectivity index is 2.43. The Hall–Kier alpha value is -1.59. The molecule has 0 aromatic heterocycles. The number of allylic oxidation sites excluding steroid dienone is 1. The van der Waals surface area contributed by atoms with E-state index in [0.29, 0.717) is 32.5 Å². The maximum absolute atomic E-state index is 13.5. The highest BCUT2D eigenvalue weighted by Crippen LogP contribution is 2.38. The number of hydrogen-bond donors (Lipinski definition) is 0. The molecule has 0 radical (unpaired) electrons. The van der Waals surface area contributed by atoms with Crippen molar-refractivity contribution in [3.63, 3.8) is 0 Å². The summed E-state index contributed by atoms with van der Waals surface area (Å²) in [6.07, 6.45) is -1.28. The first-order valence-corrected chi connectivity index (χ1v) is 8.57. The Bertz CT molecular complexity index is 805. The molecule has 0 spiro atoms. The van der Waals surface area contributed by atoms with Gasteiger partial charge in [0, 0.05) is 15.1 Å². The van der Waals surface area contributed by atoms with Crippen LogP contribution < -0.4 is 0 Å². The fourth-order valence-electron chi connectivity index (χ4n) is 2.38. The van der Waals surface area contributed by atoms with Crippen LogP contribution in [0.1, 0.15) is 38.5 Å². The van der Waals surface area contributed by atoms with Gasteiger partial charge in [-0.3, -0.25) is 4.79 Å². The molecule has 2 aromatic rings. The van der Waals surface area contributed by atoms with Gasteiger partial charge in [0.1, 0.15) is 0 Å². The van der Waals surface area contributed by atoms with Crippen LogP contribution in [0.3, 0.4) is 0 Å². The van der Waals surface area contributed by atoms with E-state index < -0.39 is 12.1 Å². The highest BCUT2D eigenvalue weighted by atomic mass is 79.9. The molecule has 0 amide bonds. The van der Waals surface area contributed by atoms with Gasteiger partial charge in [-0.15, -0.1) is 0 Å². The molecular weight excluding hydrogens is 417 g/mol. The number of aryl methyl sites for hydroxylation is 1. The molecule has 0 fully saturated rings. The van der Waals surface area contributed by atoms with Crippen LogP contribution in [0.2, 0.25) is 5.02 Å². The molecule has 2 aromatic carbocycles. The van der Waals surface area contributed by atoms with Crippen LogP contribution in [-0.4, -0.2) is 12.5 Å². The van der Waals surface area contributed by atoms with E-state index in [1.54, 1.807) is 32.0 Å². The third-order valence-corrected chi connectivity index (χ3v) is 5.05. The van der Waals surface area contributed by atoms with Crippen LogP contribution in [0.15, 0.2) is 40.9 Å². The van der Waals surface area contributed by atoms with E-state index in [0.717, 1.165) is 11.6 Å². The molecule has 1 atom stereocenters. The minimum atomic E-state index is -4.44. The van der Waals surface area contributed by atoms with Gasteiger partial charge in [-0.1, -0.05) is 51.8 Å². The number of benzene rings is 2. The fraction of sp³-hybridized carbons (Fsp3) is 0.211. The van der Waals surface area contributed by atoms with E-state index >= 15 is 0 Å². The van der Waals surface area contributed by atoms with Crippen molar-refractivity contribution < 1.29 is 18.0 Å². The summed E-state index contributed by atoms with van der Waals surface area (Å²) in [5.41, 5.74) is 2.57. The standard InChI is InChI=1S/C19H15BrClF3O/c1-11-7-15(9-18(21)12(11)2)16(19(22,23)24)6-4-13-3-5-14(10-25)17(20)8-13/h3-10,16H,1-2H3/b6-4+. The third-order valence-electron chi connectivity index (χ3n) is 3.97. The lowest BCUT2D eigenvalue weighted by Crippen LogP contribution is -2.19. The molecule has 0 aliphatic heterocycles. The number of carbonyl (C=O) groups is 1. The van der Waals surface area contributed by atoms with Gasteiger partial charge in [0.25, 0.3) is 0 Å². The summed E-state index contributed by atoms with van der Waals surface area (Å²) in [6, 6.07) is 7.60. The second-order valence-electron chi connectivity index (χ2n) is 5.72. The topological polar surface area (TPSA) is 17.1 Å². The molecule has 132 valence electrons. The van der Waals surface area contributed by atoms with Crippen LogP contribution in [0.5, 0.6) is 0 Å². The highest BCUT2D eigenvalue weighted by molar-refractivity contribution is 9.10. The van der Waals surface area contributed by atoms with Gasteiger partial charge in [-0.2, -0.15) is 13.2 Å². The van der Waals surface area contributed by atoms with Crippen LogP contribution in [0.4, 0.5) is 13.2 Å². The molecule has 2 rings (SSSR count). The van der Waals surface area contributed by atoms with Gasteiger partial charge in [-0.25, -0.2) is 0 Å². The maximum atomic E-state index is 13.5. The Morgan fingerprint density at radius 3 is 2.36 bits per heavy atom. The van der Waals surface area contributed by atoms with E-state index in [2.05, 4.69) is 15.9 Å². The van der Waals surface area contributed by atoms with Gasteiger partial charge in [-0.05, 0) is 54.3 Å². The van der Waals surface area contributed by atoms with E-state index in [1.165, 1.54) is 18.2 Å². The Morgan fingerprint density at radius 1 is 1.16 bits per heavy atom. The largest absolute Gasteiger partial charge is 0.399 e. The molecule has 0 heterocycles. The van der Waals surface area contributed by atoms with Crippen molar-refractivity contribution >= 4 is 39.9 Å². The van der Waals surface area contributed by atoms with Crippen LogP contribution >= 0.6 is 27.5 Å². The van der Waals surface area contributed by atoms with Gasteiger partial charge in [0.05, 0.1) is 5.92 Å². The summed E-state index contributed by atoms with van der Waals surface area (Å²) in [7, 11) is 0. The monoisotopic (exact) mass is 430 g/mol. The molecule has 6 heteroatoms. The Kier molecular flexibility index (Phi) is 6.12. The number of aldehydes is 1. The van der Waals surface area contributed by atoms with E-state index in [9.17, 15) is 18.0 Å². The lowest BCUT2D eigenvalue weighted by Gasteiger charge is -2.19. The molecule has 1 unspecified atom stereocenters. The molecule has 0 bridgehead atoms. The van der Waals surface area contributed by atoms with Crippen molar-refractivity contribution in [3.8, 4) is 0 Å². The predicted octanol–water partition coefficient (Wildman–Crippen LogP) is 6.89. The number of rotatable bonds is 4. The molecule has 25 heavy (non-hydrogen) atoms.